The lowest BCUT2D eigenvalue weighted by molar-refractivity contribution is -0.856. The van der Waals surface area contributed by atoms with Crippen molar-refractivity contribution in [2.75, 3.05) is 27.2 Å². The van der Waals surface area contributed by atoms with Crippen molar-refractivity contribution in [1.82, 2.24) is 5.32 Å². The number of benzene rings is 1. The second-order valence-corrected chi connectivity index (χ2v) is 5.65. The van der Waals surface area contributed by atoms with Crippen molar-refractivity contribution in [2.45, 2.75) is 12.8 Å². The van der Waals surface area contributed by atoms with E-state index in [2.05, 4.69) is 21.2 Å². The van der Waals surface area contributed by atoms with Gasteiger partial charge in [0.1, 0.15) is 0 Å². The van der Waals surface area contributed by atoms with Crippen LogP contribution < -0.4 is 10.2 Å². The summed E-state index contributed by atoms with van der Waals surface area (Å²) in [7, 11) is 4.06. The quantitative estimate of drug-likeness (QED) is 0.723. The first-order chi connectivity index (χ1) is 8.99. The summed E-state index contributed by atoms with van der Waals surface area (Å²) in [6, 6.07) is 7.18. The van der Waals surface area contributed by atoms with E-state index in [9.17, 15) is 9.59 Å². The molecule has 0 heterocycles. The highest BCUT2D eigenvalue weighted by atomic mass is 79.9. The molecule has 0 spiro atoms. The van der Waals surface area contributed by atoms with E-state index in [0.717, 1.165) is 11.0 Å². The molecule has 0 aliphatic heterocycles. The number of carbonyl (C=O) groups is 2. The van der Waals surface area contributed by atoms with Crippen molar-refractivity contribution >= 4 is 27.6 Å². The molecule has 1 aromatic carbocycles. The summed E-state index contributed by atoms with van der Waals surface area (Å²) < 4.78 is 0.938. The van der Waals surface area contributed by atoms with E-state index in [1.54, 1.807) is 12.1 Å². The van der Waals surface area contributed by atoms with Crippen molar-refractivity contribution in [2.24, 2.45) is 0 Å². The second-order valence-electron chi connectivity index (χ2n) is 4.74. The summed E-state index contributed by atoms with van der Waals surface area (Å²) in [5, 5.41) is 2.81. The molecule has 1 amide bonds. The monoisotopic (exact) mass is 327 g/mol. The Labute approximate surface area is 122 Å². The lowest BCUT2D eigenvalue weighted by atomic mass is 10.1. The molecular formula is C14H20BrN2O2+. The summed E-state index contributed by atoms with van der Waals surface area (Å²) in [5.74, 6) is -0.0624. The molecule has 104 valence electrons. The fraction of sp³-hybridized carbons (Fsp3) is 0.429. The third-order valence-corrected chi connectivity index (χ3v) is 3.22. The van der Waals surface area contributed by atoms with Gasteiger partial charge in [-0.1, -0.05) is 28.1 Å². The Hall–Kier alpha value is -1.20. The van der Waals surface area contributed by atoms with Gasteiger partial charge in [0.15, 0.2) is 5.78 Å². The van der Waals surface area contributed by atoms with E-state index in [-0.39, 0.29) is 24.5 Å². The first kappa shape index (κ1) is 15.9. The van der Waals surface area contributed by atoms with Gasteiger partial charge in [-0.15, -0.1) is 0 Å². The molecule has 0 saturated carbocycles. The summed E-state index contributed by atoms with van der Waals surface area (Å²) in [5.41, 5.74) is 0.647. The van der Waals surface area contributed by atoms with Crippen LogP contribution in [0.1, 0.15) is 23.2 Å². The minimum atomic E-state index is -0.0632. The van der Waals surface area contributed by atoms with Crippen LogP contribution in [0.2, 0.25) is 0 Å². The number of carbonyl (C=O) groups excluding carboxylic acids is 2. The standard InChI is InChI=1S/C14H19BrN2O2/c1-17(2)10-9-16-14(19)8-7-13(18)11-3-5-12(15)6-4-11/h3-6H,7-10H2,1-2H3,(H,16,19)/p+1. The number of nitrogens with one attached hydrogen (secondary N) is 2. The molecule has 0 atom stereocenters. The zero-order valence-electron chi connectivity index (χ0n) is 11.3. The van der Waals surface area contributed by atoms with Crippen molar-refractivity contribution < 1.29 is 14.5 Å². The Bertz CT molecular complexity index is 430. The molecule has 0 fully saturated rings. The van der Waals surface area contributed by atoms with Gasteiger partial charge in [0.2, 0.25) is 5.91 Å². The third kappa shape index (κ3) is 6.50. The van der Waals surface area contributed by atoms with Crippen LogP contribution in [0, 0.1) is 0 Å². The van der Waals surface area contributed by atoms with Crippen LogP contribution in [0.4, 0.5) is 0 Å². The number of amides is 1. The number of Topliss-reactive ketones (excluding diaryl/α,β-unsaturated/α-hetero) is 1. The number of halogens is 1. The molecule has 0 aliphatic carbocycles. The third-order valence-electron chi connectivity index (χ3n) is 2.69. The van der Waals surface area contributed by atoms with Crippen molar-refractivity contribution in [3.8, 4) is 0 Å². The molecule has 19 heavy (non-hydrogen) atoms. The van der Waals surface area contributed by atoms with Crippen LogP contribution in [0.25, 0.3) is 0 Å². The Morgan fingerprint density at radius 3 is 2.37 bits per heavy atom. The average molecular weight is 328 g/mol. The number of quaternary nitrogens is 1. The lowest BCUT2D eigenvalue weighted by Crippen LogP contribution is -3.06. The molecule has 1 aromatic rings. The fourth-order valence-corrected chi connectivity index (χ4v) is 1.81. The number of hydrogen-bond acceptors (Lipinski definition) is 2. The van der Waals surface area contributed by atoms with E-state index in [0.29, 0.717) is 12.1 Å². The van der Waals surface area contributed by atoms with E-state index in [1.807, 2.05) is 26.2 Å². The van der Waals surface area contributed by atoms with Gasteiger partial charge in [-0.25, -0.2) is 0 Å². The molecule has 2 N–H and O–H groups in total. The van der Waals surface area contributed by atoms with Gasteiger partial charge >= 0.3 is 0 Å². The van der Waals surface area contributed by atoms with Crippen LogP contribution in [-0.4, -0.2) is 38.9 Å². The first-order valence-electron chi connectivity index (χ1n) is 6.33. The fourth-order valence-electron chi connectivity index (χ4n) is 1.55. The van der Waals surface area contributed by atoms with Crippen molar-refractivity contribution in [3.63, 3.8) is 0 Å². The molecule has 5 heteroatoms. The van der Waals surface area contributed by atoms with Crippen molar-refractivity contribution in [3.05, 3.63) is 34.3 Å². The summed E-state index contributed by atoms with van der Waals surface area (Å²) in [4.78, 5) is 24.7. The average Bonchev–Trinajstić information content (AvgIpc) is 2.36. The van der Waals surface area contributed by atoms with Crippen LogP contribution in [0.3, 0.4) is 0 Å². The maximum Gasteiger partial charge on any atom is 0.220 e. The normalized spacial score (nSPS) is 10.5. The SMILES string of the molecule is C[NH+](C)CCNC(=O)CCC(=O)c1ccc(Br)cc1. The van der Waals surface area contributed by atoms with Crippen LogP contribution in [0.5, 0.6) is 0 Å². The summed E-state index contributed by atoms with van der Waals surface area (Å²) >= 11 is 3.32. The number of likely N-dealkylation sites (N-methyl/N-ethyl adjacent to an activating group) is 1. The molecule has 0 bridgehead atoms. The van der Waals surface area contributed by atoms with Gasteiger partial charge in [0.25, 0.3) is 0 Å². The van der Waals surface area contributed by atoms with Crippen LogP contribution in [-0.2, 0) is 4.79 Å². The van der Waals surface area contributed by atoms with Crippen LogP contribution in [0.15, 0.2) is 28.7 Å². The highest BCUT2D eigenvalue weighted by Crippen LogP contribution is 2.12. The smallest absolute Gasteiger partial charge is 0.220 e. The molecule has 0 aliphatic rings. The lowest BCUT2D eigenvalue weighted by Gasteiger charge is -2.08. The molecule has 0 radical (unpaired) electrons. The zero-order chi connectivity index (χ0) is 14.3. The van der Waals surface area contributed by atoms with Crippen LogP contribution >= 0.6 is 15.9 Å². The largest absolute Gasteiger partial charge is 0.350 e. The topological polar surface area (TPSA) is 50.6 Å². The van der Waals surface area contributed by atoms with Gasteiger partial charge in [-0.3, -0.25) is 9.59 Å². The first-order valence-corrected chi connectivity index (χ1v) is 7.13. The van der Waals surface area contributed by atoms with E-state index >= 15 is 0 Å². The van der Waals surface area contributed by atoms with Crippen molar-refractivity contribution in [1.29, 1.82) is 0 Å². The molecular weight excluding hydrogens is 308 g/mol. The Morgan fingerprint density at radius 2 is 1.79 bits per heavy atom. The highest BCUT2D eigenvalue weighted by Gasteiger charge is 2.09. The Morgan fingerprint density at radius 1 is 1.16 bits per heavy atom. The highest BCUT2D eigenvalue weighted by molar-refractivity contribution is 9.10. The number of hydrogen-bond donors (Lipinski definition) is 2. The van der Waals surface area contributed by atoms with E-state index in [4.69, 9.17) is 0 Å². The molecule has 4 nitrogen and oxygen atoms in total. The maximum atomic E-state index is 11.8. The van der Waals surface area contributed by atoms with Gasteiger partial charge in [0, 0.05) is 22.9 Å². The Kier molecular flexibility index (Phi) is 6.73. The predicted molar refractivity (Wildman–Crippen MR) is 78.4 cm³/mol. The zero-order valence-corrected chi connectivity index (χ0v) is 12.9. The number of ketones is 1. The Balaban J connectivity index is 2.30. The molecule has 0 saturated heterocycles. The van der Waals surface area contributed by atoms with E-state index < -0.39 is 0 Å². The van der Waals surface area contributed by atoms with E-state index in [1.165, 1.54) is 4.90 Å². The van der Waals surface area contributed by atoms with Gasteiger partial charge in [-0.2, -0.15) is 0 Å². The summed E-state index contributed by atoms with van der Waals surface area (Å²) in [6.07, 6.45) is 0.500. The molecule has 0 aromatic heterocycles. The summed E-state index contributed by atoms with van der Waals surface area (Å²) in [6.45, 7) is 1.53. The minimum absolute atomic E-state index is 0.000819. The predicted octanol–water partition coefficient (Wildman–Crippen LogP) is 0.673. The second kappa shape index (κ2) is 8.07. The van der Waals surface area contributed by atoms with Gasteiger partial charge in [-0.05, 0) is 12.1 Å². The van der Waals surface area contributed by atoms with Gasteiger partial charge < -0.3 is 10.2 Å². The maximum absolute atomic E-state index is 11.8. The number of rotatable bonds is 7. The minimum Gasteiger partial charge on any atom is -0.350 e. The molecule has 0 unspecified atom stereocenters. The molecule has 1 rings (SSSR count). The van der Waals surface area contributed by atoms with Gasteiger partial charge in [0.05, 0.1) is 27.2 Å².